The normalized spacial score (nSPS) is 19.0. The van der Waals surface area contributed by atoms with E-state index in [1.54, 1.807) is 23.6 Å². The van der Waals surface area contributed by atoms with Gasteiger partial charge in [0.15, 0.2) is 11.5 Å². The van der Waals surface area contributed by atoms with Crippen molar-refractivity contribution in [3.8, 4) is 17.2 Å². The Kier molecular flexibility index (Phi) is 3.99. The molecule has 3 heterocycles. The predicted octanol–water partition coefficient (Wildman–Crippen LogP) is 2.28. The Morgan fingerprint density at radius 1 is 1.36 bits per heavy atom. The van der Waals surface area contributed by atoms with Crippen LogP contribution in [0.2, 0.25) is 0 Å². The molecule has 2 aromatic rings. The van der Waals surface area contributed by atoms with Gasteiger partial charge in [-0.2, -0.15) is 5.10 Å². The molecule has 1 atom stereocenters. The highest BCUT2D eigenvalue weighted by molar-refractivity contribution is 8.00. The number of nitrogens with one attached hydrogen (secondary N) is 1. The predicted molar refractivity (Wildman–Crippen MR) is 94.9 cm³/mol. The maximum atomic E-state index is 12.1. The number of carbonyl (C=O) groups excluding carboxylic acids is 1. The van der Waals surface area contributed by atoms with Gasteiger partial charge in [-0.05, 0) is 24.6 Å². The number of hydrogen-bond acceptors (Lipinski definition) is 6. The first-order valence-electron chi connectivity index (χ1n) is 8.01. The number of aromatic nitrogens is 2. The minimum atomic E-state index is -0.0487. The van der Waals surface area contributed by atoms with Gasteiger partial charge in [-0.15, -0.1) is 11.8 Å². The van der Waals surface area contributed by atoms with Crippen molar-refractivity contribution >= 4 is 23.5 Å². The number of nitrogens with zero attached hydrogens (tertiary/aromatic N) is 2. The molecule has 0 spiro atoms. The molecule has 4 rings (SSSR count). The SMILES string of the molecule is COc1cc([C@@H]2SCC(=O)Nc3c2c(C)nn3C)cc2c1OCCO2. The van der Waals surface area contributed by atoms with Gasteiger partial charge in [0, 0.05) is 12.6 Å². The third-order valence-electron chi connectivity index (χ3n) is 4.32. The summed E-state index contributed by atoms with van der Waals surface area (Å²) in [7, 11) is 3.45. The Hall–Kier alpha value is -2.35. The number of anilines is 1. The van der Waals surface area contributed by atoms with Crippen LogP contribution in [0.25, 0.3) is 0 Å². The van der Waals surface area contributed by atoms with Gasteiger partial charge in [-0.25, -0.2) is 0 Å². The maximum absolute atomic E-state index is 12.1. The molecular formula is C17H19N3O4S. The molecule has 7 nitrogen and oxygen atoms in total. The zero-order valence-corrected chi connectivity index (χ0v) is 15.1. The summed E-state index contributed by atoms with van der Waals surface area (Å²) in [6, 6.07) is 3.93. The number of ether oxygens (including phenoxy) is 3. The molecule has 0 bridgehead atoms. The van der Waals surface area contributed by atoms with Gasteiger partial charge in [0.05, 0.1) is 23.8 Å². The van der Waals surface area contributed by atoms with Gasteiger partial charge in [-0.1, -0.05) is 0 Å². The zero-order valence-electron chi connectivity index (χ0n) is 14.3. The van der Waals surface area contributed by atoms with Gasteiger partial charge in [-0.3, -0.25) is 9.48 Å². The van der Waals surface area contributed by atoms with Crippen LogP contribution in [0.15, 0.2) is 12.1 Å². The Labute approximate surface area is 149 Å². The first kappa shape index (κ1) is 16.1. The molecule has 8 heteroatoms. The van der Waals surface area contributed by atoms with Crippen LogP contribution >= 0.6 is 11.8 Å². The van der Waals surface area contributed by atoms with E-state index in [-0.39, 0.29) is 11.2 Å². The molecule has 0 saturated heterocycles. The van der Waals surface area contributed by atoms with E-state index in [0.29, 0.717) is 36.2 Å². The molecule has 1 aromatic carbocycles. The summed E-state index contributed by atoms with van der Waals surface area (Å²) in [6.45, 7) is 2.97. The van der Waals surface area contributed by atoms with Crippen LogP contribution in [0, 0.1) is 6.92 Å². The minimum absolute atomic E-state index is 0.0266. The van der Waals surface area contributed by atoms with Crippen LogP contribution in [0.5, 0.6) is 17.2 Å². The second-order valence-corrected chi connectivity index (χ2v) is 7.05. The first-order chi connectivity index (χ1) is 12.1. The van der Waals surface area contributed by atoms with Crippen molar-refractivity contribution < 1.29 is 19.0 Å². The van der Waals surface area contributed by atoms with E-state index in [4.69, 9.17) is 14.2 Å². The third kappa shape index (κ3) is 2.70. The Bertz CT molecular complexity index is 832. The van der Waals surface area contributed by atoms with E-state index >= 15 is 0 Å². The number of rotatable bonds is 2. The monoisotopic (exact) mass is 361 g/mol. The number of hydrogen-bond donors (Lipinski definition) is 1. The van der Waals surface area contributed by atoms with Crippen LogP contribution in [-0.2, 0) is 11.8 Å². The van der Waals surface area contributed by atoms with Crippen molar-refractivity contribution in [2.45, 2.75) is 12.2 Å². The quantitative estimate of drug-likeness (QED) is 0.885. The van der Waals surface area contributed by atoms with Crippen molar-refractivity contribution in [2.75, 3.05) is 31.4 Å². The van der Waals surface area contributed by atoms with Crippen molar-refractivity contribution in [3.05, 3.63) is 29.0 Å². The smallest absolute Gasteiger partial charge is 0.235 e. The van der Waals surface area contributed by atoms with Crippen LogP contribution in [-0.4, -0.2) is 41.8 Å². The van der Waals surface area contributed by atoms with Crippen molar-refractivity contribution in [1.29, 1.82) is 0 Å². The highest BCUT2D eigenvalue weighted by Crippen LogP contribution is 2.48. The molecule has 1 N–H and O–H groups in total. The first-order valence-corrected chi connectivity index (χ1v) is 9.06. The molecule has 0 saturated carbocycles. The molecule has 132 valence electrons. The van der Waals surface area contributed by atoms with Gasteiger partial charge in [0.1, 0.15) is 19.0 Å². The highest BCUT2D eigenvalue weighted by Gasteiger charge is 2.31. The molecule has 2 aliphatic rings. The average Bonchev–Trinajstić information content (AvgIpc) is 2.79. The second kappa shape index (κ2) is 6.18. The number of aryl methyl sites for hydroxylation is 2. The molecule has 0 radical (unpaired) electrons. The Balaban J connectivity index is 1.86. The van der Waals surface area contributed by atoms with Crippen molar-refractivity contribution in [1.82, 2.24) is 9.78 Å². The van der Waals surface area contributed by atoms with E-state index in [2.05, 4.69) is 10.4 Å². The molecule has 2 aliphatic heterocycles. The Morgan fingerprint density at radius 2 is 2.16 bits per heavy atom. The number of fused-ring (bicyclic) bond motifs is 2. The summed E-state index contributed by atoms with van der Waals surface area (Å²) in [6.07, 6.45) is 0. The number of methoxy groups -OCH3 is 1. The molecule has 0 unspecified atom stereocenters. The summed E-state index contributed by atoms with van der Waals surface area (Å²) in [4.78, 5) is 12.1. The van der Waals surface area contributed by atoms with E-state index in [0.717, 1.165) is 22.6 Å². The third-order valence-corrected chi connectivity index (χ3v) is 5.59. The fourth-order valence-electron chi connectivity index (χ4n) is 3.25. The van der Waals surface area contributed by atoms with E-state index in [9.17, 15) is 4.79 Å². The van der Waals surface area contributed by atoms with Crippen LogP contribution in [0.4, 0.5) is 5.82 Å². The minimum Gasteiger partial charge on any atom is -0.493 e. The second-order valence-electron chi connectivity index (χ2n) is 5.96. The van der Waals surface area contributed by atoms with E-state index in [1.165, 1.54) is 0 Å². The lowest BCUT2D eigenvalue weighted by atomic mass is 10.0. The number of carbonyl (C=O) groups is 1. The standard InChI is InChI=1S/C17H19N3O4S/c1-9-14-16(25-8-13(21)18-17(14)20(2)19-9)10-6-11(22-3)15-12(7-10)23-4-5-24-15/h6-7,16H,4-5,8H2,1-3H3,(H,18,21)/t16-/m0/s1. The van der Waals surface area contributed by atoms with Crippen LogP contribution < -0.4 is 19.5 Å². The summed E-state index contributed by atoms with van der Waals surface area (Å²) >= 11 is 1.57. The summed E-state index contributed by atoms with van der Waals surface area (Å²) in [5, 5.41) is 7.38. The summed E-state index contributed by atoms with van der Waals surface area (Å²) in [5.41, 5.74) is 2.91. The van der Waals surface area contributed by atoms with Gasteiger partial charge >= 0.3 is 0 Å². The van der Waals surface area contributed by atoms with Crippen molar-refractivity contribution in [2.24, 2.45) is 7.05 Å². The topological polar surface area (TPSA) is 74.6 Å². The summed E-state index contributed by atoms with van der Waals surface area (Å²) in [5.74, 6) is 3.03. The molecule has 0 aliphatic carbocycles. The van der Waals surface area contributed by atoms with E-state index < -0.39 is 0 Å². The molecule has 25 heavy (non-hydrogen) atoms. The lowest BCUT2D eigenvalue weighted by Crippen LogP contribution is -2.16. The number of amides is 1. The number of benzene rings is 1. The Morgan fingerprint density at radius 3 is 2.96 bits per heavy atom. The molecule has 1 aromatic heterocycles. The summed E-state index contributed by atoms with van der Waals surface area (Å²) < 4.78 is 18.7. The maximum Gasteiger partial charge on any atom is 0.235 e. The van der Waals surface area contributed by atoms with Crippen molar-refractivity contribution in [3.63, 3.8) is 0 Å². The largest absolute Gasteiger partial charge is 0.493 e. The molecule has 0 fully saturated rings. The van der Waals surface area contributed by atoms with Crippen LogP contribution in [0.3, 0.4) is 0 Å². The fraction of sp³-hybridized carbons (Fsp3) is 0.412. The molecular weight excluding hydrogens is 342 g/mol. The number of thioether (sulfide) groups is 1. The lowest BCUT2D eigenvalue weighted by Gasteiger charge is -2.23. The van der Waals surface area contributed by atoms with Crippen LogP contribution in [0.1, 0.15) is 22.1 Å². The van der Waals surface area contributed by atoms with Gasteiger partial charge in [0.2, 0.25) is 11.7 Å². The fourth-order valence-corrected chi connectivity index (χ4v) is 4.42. The highest BCUT2D eigenvalue weighted by atomic mass is 32.2. The lowest BCUT2D eigenvalue weighted by molar-refractivity contribution is -0.113. The van der Waals surface area contributed by atoms with Gasteiger partial charge in [0.25, 0.3) is 0 Å². The van der Waals surface area contributed by atoms with E-state index in [1.807, 2.05) is 26.1 Å². The van der Waals surface area contributed by atoms with Gasteiger partial charge < -0.3 is 19.5 Å². The average molecular weight is 361 g/mol. The zero-order chi connectivity index (χ0) is 17.6. The molecule has 1 amide bonds.